The molecule has 2 rings (SSSR count). The number of thiol groups is 1. The number of carbonyl (C=O) groups is 2. The van der Waals surface area contributed by atoms with E-state index in [9.17, 15) is 14.0 Å². The number of halogens is 1. The molecule has 1 atom stereocenters. The third-order valence-corrected chi connectivity index (χ3v) is 5.27. The minimum absolute atomic E-state index is 0.133. The Bertz CT molecular complexity index is 883. The molecule has 2 N–H and O–H groups in total. The van der Waals surface area contributed by atoms with Crippen molar-refractivity contribution in [2.75, 3.05) is 0 Å². The van der Waals surface area contributed by atoms with Crippen LogP contribution in [0, 0.1) is 11.7 Å². The summed E-state index contributed by atoms with van der Waals surface area (Å²) in [5.74, 6) is -0.971. The average Bonchev–Trinajstić information content (AvgIpc) is 3.05. The van der Waals surface area contributed by atoms with Crippen LogP contribution < -0.4 is 5.32 Å². The molecule has 30 heavy (non-hydrogen) atoms. The van der Waals surface area contributed by atoms with Crippen molar-refractivity contribution in [2.24, 2.45) is 5.92 Å². The number of carbonyl (C=O) groups excluding carboxylic acids is 1. The second-order valence-corrected chi connectivity index (χ2v) is 8.46. The number of amides is 1. The molecule has 1 aromatic carbocycles. The summed E-state index contributed by atoms with van der Waals surface area (Å²) in [5, 5.41) is 11.5. The van der Waals surface area contributed by atoms with Gasteiger partial charge in [-0.05, 0) is 36.5 Å². The van der Waals surface area contributed by atoms with Gasteiger partial charge in [0.1, 0.15) is 11.6 Å². The molecule has 0 aliphatic heterocycles. The summed E-state index contributed by atoms with van der Waals surface area (Å²) < 4.78 is 16.1. The summed E-state index contributed by atoms with van der Waals surface area (Å²) in [4.78, 5) is 27.9. The van der Waals surface area contributed by atoms with Crippen LogP contribution in [0.1, 0.15) is 67.5 Å². The zero-order chi connectivity index (χ0) is 22.3. The van der Waals surface area contributed by atoms with Gasteiger partial charge in [0.25, 0.3) is 0 Å². The molecule has 1 amide bonds. The molecule has 1 aromatic heterocycles. The van der Waals surface area contributed by atoms with Gasteiger partial charge in [0.05, 0.1) is 29.2 Å². The summed E-state index contributed by atoms with van der Waals surface area (Å²) in [6, 6.07) is 4.11. The molecule has 1 heterocycles. The van der Waals surface area contributed by atoms with Gasteiger partial charge in [0.15, 0.2) is 0 Å². The van der Waals surface area contributed by atoms with Gasteiger partial charge >= 0.3 is 5.97 Å². The third kappa shape index (κ3) is 6.58. The first kappa shape index (κ1) is 23.9. The Morgan fingerprint density at radius 1 is 1.33 bits per heavy atom. The van der Waals surface area contributed by atoms with Crippen LogP contribution in [0.25, 0.3) is 0 Å². The molecule has 0 aliphatic carbocycles. The van der Waals surface area contributed by atoms with E-state index in [4.69, 9.17) is 5.11 Å². The van der Waals surface area contributed by atoms with Gasteiger partial charge in [-0.2, -0.15) is 12.6 Å². The monoisotopic (exact) mass is 435 g/mol. The van der Waals surface area contributed by atoms with Crippen molar-refractivity contribution in [3.05, 3.63) is 52.9 Å². The van der Waals surface area contributed by atoms with Crippen LogP contribution in [0.5, 0.6) is 0 Å². The van der Waals surface area contributed by atoms with Gasteiger partial charge in [-0.25, -0.2) is 14.2 Å². The van der Waals surface area contributed by atoms with Crippen molar-refractivity contribution in [1.29, 1.82) is 0 Å². The summed E-state index contributed by atoms with van der Waals surface area (Å²) in [5.41, 5.74) is 1.09. The lowest BCUT2D eigenvalue weighted by Gasteiger charge is -2.16. The number of aromatic nitrogens is 2. The topological polar surface area (TPSA) is 84.2 Å². The lowest BCUT2D eigenvalue weighted by Crippen LogP contribution is -2.32. The van der Waals surface area contributed by atoms with Gasteiger partial charge in [0.2, 0.25) is 5.91 Å². The third-order valence-electron chi connectivity index (χ3n) is 4.82. The van der Waals surface area contributed by atoms with E-state index in [0.29, 0.717) is 31.0 Å². The Kier molecular flexibility index (Phi) is 8.89. The Morgan fingerprint density at radius 3 is 2.67 bits per heavy atom. The molecule has 0 saturated carbocycles. The molecule has 0 bridgehead atoms. The molecule has 8 heteroatoms. The van der Waals surface area contributed by atoms with Crippen LogP contribution in [-0.4, -0.2) is 31.8 Å². The Labute approximate surface area is 182 Å². The number of unbranched alkanes of at least 4 members (excludes halogenated alkanes) is 1. The molecule has 164 valence electrons. The number of aryl methyl sites for hydroxylation is 1. The van der Waals surface area contributed by atoms with Crippen LogP contribution in [-0.2, 0) is 24.3 Å². The van der Waals surface area contributed by atoms with E-state index in [0.717, 1.165) is 30.8 Å². The van der Waals surface area contributed by atoms with Gasteiger partial charge in [0, 0.05) is 13.0 Å². The maximum absolute atomic E-state index is 14.1. The second kappa shape index (κ2) is 11.2. The van der Waals surface area contributed by atoms with Crippen LogP contribution in [0.15, 0.2) is 24.4 Å². The number of benzene rings is 1. The van der Waals surface area contributed by atoms with E-state index >= 15 is 0 Å². The highest BCUT2D eigenvalue weighted by Gasteiger charge is 2.17. The van der Waals surface area contributed by atoms with Crippen LogP contribution in [0.4, 0.5) is 4.39 Å². The standard InChI is InChI=1S/C22H30FN3O3S/c1-4-5-6-20-24-11-16(12-25-21(27)19(30)9-14(2)3)26(20)13-15-7-8-17(22(28)29)18(23)10-15/h7-8,10-11,14,19,30H,4-6,9,12-13H2,1-3H3,(H,25,27)(H,28,29)/t19-/m1/s1. The van der Waals surface area contributed by atoms with Gasteiger partial charge < -0.3 is 15.0 Å². The number of imidazole rings is 1. The van der Waals surface area contributed by atoms with Crippen molar-refractivity contribution in [3.8, 4) is 0 Å². The van der Waals surface area contributed by atoms with Crippen molar-refractivity contribution in [2.45, 2.75) is 64.8 Å². The molecule has 0 saturated heterocycles. The number of carboxylic acids is 1. The first-order valence-corrected chi connectivity index (χ1v) is 10.7. The van der Waals surface area contributed by atoms with E-state index in [2.05, 4.69) is 29.9 Å². The summed E-state index contributed by atoms with van der Waals surface area (Å²) in [6.07, 6.45) is 5.15. The molecule has 0 unspecified atom stereocenters. The Hall–Kier alpha value is -2.35. The quantitative estimate of drug-likeness (QED) is 0.465. The first-order chi connectivity index (χ1) is 14.2. The van der Waals surface area contributed by atoms with E-state index in [1.807, 2.05) is 18.4 Å². The average molecular weight is 436 g/mol. The largest absolute Gasteiger partial charge is 0.478 e. The van der Waals surface area contributed by atoms with Crippen LogP contribution in [0.3, 0.4) is 0 Å². The molecule has 0 aliphatic rings. The van der Waals surface area contributed by atoms with E-state index < -0.39 is 11.8 Å². The molecule has 6 nitrogen and oxygen atoms in total. The van der Waals surface area contributed by atoms with Crippen molar-refractivity contribution < 1.29 is 19.1 Å². The fourth-order valence-electron chi connectivity index (χ4n) is 3.18. The minimum Gasteiger partial charge on any atom is -0.478 e. The molecular formula is C22H30FN3O3S. The summed E-state index contributed by atoms with van der Waals surface area (Å²) in [7, 11) is 0. The van der Waals surface area contributed by atoms with E-state index in [-0.39, 0.29) is 16.7 Å². The number of hydrogen-bond acceptors (Lipinski definition) is 4. The Balaban J connectivity index is 2.20. The molecule has 0 fully saturated rings. The molecule has 2 aromatic rings. The number of carboxylic acid groups (broad SMARTS) is 1. The number of nitrogens with zero attached hydrogens (tertiary/aromatic N) is 2. The zero-order valence-corrected chi connectivity index (χ0v) is 18.6. The normalized spacial score (nSPS) is 12.2. The fourth-order valence-corrected chi connectivity index (χ4v) is 3.70. The first-order valence-electron chi connectivity index (χ1n) is 10.2. The Morgan fingerprint density at radius 2 is 2.07 bits per heavy atom. The molecule has 0 radical (unpaired) electrons. The maximum Gasteiger partial charge on any atom is 0.338 e. The second-order valence-electron chi connectivity index (χ2n) is 7.84. The maximum atomic E-state index is 14.1. The fraction of sp³-hybridized carbons (Fsp3) is 0.500. The van der Waals surface area contributed by atoms with E-state index in [1.54, 1.807) is 12.3 Å². The van der Waals surface area contributed by atoms with Crippen molar-refractivity contribution >= 4 is 24.5 Å². The summed E-state index contributed by atoms with van der Waals surface area (Å²) in [6.45, 7) is 6.82. The molecule has 0 spiro atoms. The lowest BCUT2D eigenvalue weighted by molar-refractivity contribution is -0.121. The number of nitrogens with one attached hydrogen (secondary N) is 1. The van der Waals surface area contributed by atoms with Gasteiger partial charge in [-0.3, -0.25) is 4.79 Å². The highest BCUT2D eigenvalue weighted by molar-refractivity contribution is 7.81. The predicted molar refractivity (Wildman–Crippen MR) is 117 cm³/mol. The number of aromatic carboxylic acids is 1. The number of hydrogen-bond donors (Lipinski definition) is 3. The highest BCUT2D eigenvalue weighted by atomic mass is 32.1. The van der Waals surface area contributed by atoms with Gasteiger partial charge in [-0.15, -0.1) is 0 Å². The summed E-state index contributed by atoms with van der Waals surface area (Å²) >= 11 is 4.38. The van der Waals surface area contributed by atoms with Crippen molar-refractivity contribution in [1.82, 2.24) is 14.9 Å². The number of rotatable bonds is 11. The van der Waals surface area contributed by atoms with Crippen molar-refractivity contribution in [3.63, 3.8) is 0 Å². The predicted octanol–water partition coefficient (Wildman–Crippen LogP) is 4.07. The minimum atomic E-state index is -1.29. The van der Waals surface area contributed by atoms with Crippen LogP contribution in [0.2, 0.25) is 0 Å². The highest BCUT2D eigenvalue weighted by Crippen LogP contribution is 2.17. The van der Waals surface area contributed by atoms with E-state index in [1.165, 1.54) is 12.1 Å². The smallest absolute Gasteiger partial charge is 0.338 e. The molecular weight excluding hydrogens is 405 g/mol. The SMILES string of the molecule is CCCCc1ncc(CNC(=O)[C@H](S)CC(C)C)n1Cc1ccc(C(=O)O)c(F)c1. The lowest BCUT2D eigenvalue weighted by atomic mass is 10.1. The van der Waals surface area contributed by atoms with Gasteiger partial charge in [-0.1, -0.05) is 33.3 Å². The zero-order valence-electron chi connectivity index (χ0n) is 17.7. The van der Waals surface area contributed by atoms with Crippen LogP contribution >= 0.6 is 12.6 Å².